The topological polar surface area (TPSA) is 69.7 Å². The van der Waals surface area contributed by atoms with Crippen LogP contribution in [-0.4, -0.2) is 69.6 Å². The highest BCUT2D eigenvalue weighted by Gasteiger charge is 2.24. The molecule has 1 N–H and O–H groups in total. The summed E-state index contributed by atoms with van der Waals surface area (Å²) in [5, 5.41) is 2.91. The second-order valence-electron chi connectivity index (χ2n) is 3.76. The molecule has 0 aliphatic carbocycles. The van der Waals surface area contributed by atoms with Gasteiger partial charge in [-0.2, -0.15) is 0 Å². The monoisotopic (exact) mass is 265 g/mol. The molecule has 0 heterocycles. The van der Waals surface area contributed by atoms with Crippen LogP contribution in [0.3, 0.4) is 0 Å². The van der Waals surface area contributed by atoms with Crippen LogP contribution in [0.1, 0.15) is 13.8 Å². The first-order chi connectivity index (χ1) is 7.88. The molecule has 0 aliphatic heterocycles. The number of nitrogens with one attached hydrogen (secondary N) is 1. The number of amides is 1. The fourth-order valence-electron chi connectivity index (χ4n) is 1.38. The van der Waals surface area contributed by atoms with Crippen molar-refractivity contribution < 1.29 is 13.2 Å². The molecule has 0 spiro atoms. The summed E-state index contributed by atoms with van der Waals surface area (Å²) >= 11 is 0. The summed E-state index contributed by atoms with van der Waals surface area (Å²) in [5.74, 6) is -0.818. The molecule has 0 rings (SSSR count). The fraction of sp³-hybridized carbons (Fsp3) is 0.900. The number of hydrogen-bond donors (Lipinski definition) is 1. The van der Waals surface area contributed by atoms with Crippen molar-refractivity contribution in [3.63, 3.8) is 0 Å². The molecule has 0 radical (unpaired) electrons. The van der Waals surface area contributed by atoms with E-state index in [0.29, 0.717) is 26.2 Å². The maximum absolute atomic E-state index is 11.8. The molecule has 6 nitrogen and oxygen atoms in total. The standard InChI is InChI=1S/C10H23N3O3S/c1-5-13(6-2)17(15,16)9-10(14)12(4)8-7-11-3/h11H,5-9H2,1-4H3. The fourth-order valence-corrected chi connectivity index (χ4v) is 2.88. The van der Waals surface area contributed by atoms with Crippen LogP contribution in [0.5, 0.6) is 0 Å². The third kappa shape index (κ3) is 5.47. The van der Waals surface area contributed by atoms with E-state index in [4.69, 9.17) is 0 Å². The number of rotatable bonds is 8. The second kappa shape index (κ2) is 7.62. The van der Waals surface area contributed by atoms with E-state index in [-0.39, 0.29) is 5.91 Å². The molecule has 0 atom stereocenters. The van der Waals surface area contributed by atoms with Crippen molar-refractivity contribution in [2.24, 2.45) is 0 Å². The van der Waals surface area contributed by atoms with Crippen LogP contribution in [0.2, 0.25) is 0 Å². The zero-order valence-electron chi connectivity index (χ0n) is 11.1. The summed E-state index contributed by atoms with van der Waals surface area (Å²) in [6, 6.07) is 0. The Bertz CT molecular complexity index is 326. The van der Waals surface area contributed by atoms with Crippen molar-refractivity contribution in [2.45, 2.75) is 13.8 Å². The number of hydrogen-bond acceptors (Lipinski definition) is 4. The lowest BCUT2D eigenvalue weighted by molar-refractivity contribution is -0.127. The van der Waals surface area contributed by atoms with Gasteiger partial charge in [-0.05, 0) is 7.05 Å². The van der Waals surface area contributed by atoms with Crippen molar-refractivity contribution >= 4 is 15.9 Å². The van der Waals surface area contributed by atoms with E-state index in [9.17, 15) is 13.2 Å². The Kier molecular flexibility index (Phi) is 7.33. The van der Waals surface area contributed by atoms with Crippen LogP contribution >= 0.6 is 0 Å². The van der Waals surface area contributed by atoms with Gasteiger partial charge in [0.15, 0.2) is 0 Å². The molecule has 0 aromatic carbocycles. The van der Waals surface area contributed by atoms with Crippen LogP contribution in [0.25, 0.3) is 0 Å². The number of sulfonamides is 1. The van der Waals surface area contributed by atoms with Gasteiger partial charge in [0.2, 0.25) is 15.9 Å². The molecule has 0 aromatic heterocycles. The van der Waals surface area contributed by atoms with Crippen molar-refractivity contribution in [1.29, 1.82) is 0 Å². The van der Waals surface area contributed by atoms with Crippen LogP contribution < -0.4 is 5.32 Å². The third-order valence-corrected chi connectivity index (χ3v) is 4.44. The van der Waals surface area contributed by atoms with Crippen LogP contribution in [0.15, 0.2) is 0 Å². The lowest BCUT2D eigenvalue weighted by Crippen LogP contribution is -2.41. The van der Waals surface area contributed by atoms with Gasteiger partial charge in [-0.25, -0.2) is 12.7 Å². The summed E-state index contributed by atoms with van der Waals surface area (Å²) in [6.07, 6.45) is 0. The molecular weight excluding hydrogens is 242 g/mol. The van der Waals surface area contributed by atoms with Crippen molar-refractivity contribution in [3.8, 4) is 0 Å². The zero-order chi connectivity index (χ0) is 13.5. The average Bonchev–Trinajstić information content (AvgIpc) is 2.26. The predicted octanol–water partition coefficient (Wildman–Crippen LogP) is -0.664. The van der Waals surface area contributed by atoms with Gasteiger partial charge in [-0.1, -0.05) is 13.8 Å². The normalized spacial score (nSPS) is 11.8. The highest BCUT2D eigenvalue weighted by atomic mass is 32.2. The Morgan fingerprint density at radius 3 is 2.18 bits per heavy atom. The molecule has 1 amide bonds. The zero-order valence-corrected chi connectivity index (χ0v) is 11.9. The van der Waals surface area contributed by atoms with Crippen LogP contribution in [0, 0.1) is 0 Å². The summed E-state index contributed by atoms with van der Waals surface area (Å²) in [7, 11) is -0.0788. The molecular formula is C10H23N3O3S. The van der Waals surface area contributed by atoms with Crippen molar-refractivity contribution in [3.05, 3.63) is 0 Å². The molecule has 0 saturated heterocycles. The highest BCUT2D eigenvalue weighted by Crippen LogP contribution is 2.02. The van der Waals surface area contributed by atoms with E-state index in [2.05, 4.69) is 5.32 Å². The molecule has 102 valence electrons. The van der Waals surface area contributed by atoms with Crippen molar-refractivity contribution in [2.75, 3.05) is 46.0 Å². The molecule has 0 bridgehead atoms. The molecule has 0 fully saturated rings. The number of carbonyl (C=O) groups is 1. The number of carbonyl (C=O) groups excluding carboxylic acids is 1. The molecule has 17 heavy (non-hydrogen) atoms. The van der Waals surface area contributed by atoms with Gasteiger partial charge in [-0.3, -0.25) is 4.79 Å². The summed E-state index contributed by atoms with van der Waals surface area (Å²) in [4.78, 5) is 13.1. The van der Waals surface area contributed by atoms with E-state index >= 15 is 0 Å². The lowest BCUT2D eigenvalue weighted by Gasteiger charge is -2.21. The number of likely N-dealkylation sites (N-methyl/N-ethyl adjacent to an activating group) is 2. The molecule has 0 aromatic rings. The van der Waals surface area contributed by atoms with E-state index in [1.54, 1.807) is 27.9 Å². The van der Waals surface area contributed by atoms with Crippen LogP contribution in [-0.2, 0) is 14.8 Å². The SMILES string of the molecule is CCN(CC)S(=O)(=O)CC(=O)N(C)CCNC. The number of nitrogens with zero attached hydrogens (tertiary/aromatic N) is 2. The van der Waals surface area contributed by atoms with E-state index < -0.39 is 15.8 Å². The van der Waals surface area contributed by atoms with Gasteiger partial charge in [0.25, 0.3) is 0 Å². The third-order valence-electron chi connectivity index (χ3n) is 2.53. The van der Waals surface area contributed by atoms with Crippen LogP contribution in [0.4, 0.5) is 0 Å². The first kappa shape index (κ1) is 16.3. The Balaban J connectivity index is 4.46. The van der Waals surface area contributed by atoms with E-state index in [0.717, 1.165) is 0 Å². The van der Waals surface area contributed by atoms with E-state index in [1.165, 1.54) is 9.21 Å². The van der Waals surface area contributed by atoms with E-state index in [1.807, 2.05) is 0 Å². The molecule has 0 unspecified atom stereocenters. The maximum Gasteiger partial charge on any atom is 0.238 e. The summed E-state index contributed by atoms with van der Waals surface area (Å²) < 4.78 is 25.0. The van der Waals surface area contributed by atoms with Gasteiger partial charge in [0.05, 0.1) is 0 Å². The largest absolute Gasteiger partial charge is 0.344 e. The smallest absolute Gasteiger partial charge is 0.238 e. The minimum atomic E-state index is -3.47. The lowest BCUT2D eigenvalue weighted by atomic mass is 10.5. The Hall–Kier alpha value is -0.660. The quantitative estimate of drug-likeness (QED) is 0.632. The second-order valence-corrected chi connectivity index (χ2v) is 5.73. The van der Waals surface area contributed by atoms with Gasteiger partial charge in [-0.15, -0.1) is 0 Å². The first-order valence-electron chi connectivity index (χ1n) is 5.75. The Labute approximate surface area is 104 Å². The highest BCUT2D eigenvalue weighted by molar-refractivity contribution is 7.89. The minimum Gasteiger partial charge on any atom is -0.344 e. The van der Waals surface area contributed by atoms with Gasteiger partial charge in [0, 0.05) is 33.2 Å². The molecule has 7 heteroatoms. The van der Waals surface area contributed by atoms with Gasteiger partial charge in [0.1, 0.15) is 5.75 Å². The summed E-state index contributed by atoms with van der Waals surface area (Å²) in [5.41, 5.74) is 0. The minimum absolute atomic E-state index is 0.368. The van der Waals surface area contributed by atoms with Gasteiger partial charge < -0.3 is 10.2 Å². The Morgan fingerprint density at radius 2 is 1.76 bits per heavy atom. The van der Waals surface area contributed by atoms with Crippen molar-refractivity contribution in [1.82, 2.24) is 14.5 Å². The maximum atomic E-state index is 11.8. The predicted molar refractivity (Wildman–Crippen MR) is 68.3 cm³/mol. The van der Waals surface area contributed by atoms with Gasteiger partial charge >= 0.3 is 0 Å². The molecule has 0 saturated carbocycles. The average molecular weight is 265 g/mol. The molecule has 0 aliphatic rings. The summed E-state index contributed by atoms with van der Waals surface area (Å²) in [6.45, 7) is 5.46. The Morgan fingerprint density at radius 1 is 1.24 bits per heavy atom. The first-order valence-corrected chi connectivity index (χ1v) is 7.36.